The molecule has 0 N–H and O–H groups in total. The molecule has 0 amide bonds. The minimum absolute atomic E-state index is 0.0922. The van der Waals surface area contributed by atoms with Gasteiger partial charge in [-0.3, -0.25) is 4.99 Å². The fourth-order valence-electron chi connectivity index (χ4n) is 3.85. The molecule has 1 fully saturated rings. The molecular formula is C21H24N2O4S2. The third-order valence-electron chi connectivity index (χ3n) is 5.20. The van der Waals surface area contributed by atoms with Crippen molar-refractivity contribution in [1.82, 2.24) is 0 Å². The zero-order valence-electron chi connectivity index (χ0n) is 16.7. The molecule has 2 aliphatic rings. The first-order valence-corrected chi connectivity index (χ1v) is 12.2. The van der Waals surface area contributed by atoms with E-state index in [1.807, 2.05) is 29.2 Å². The lowest BCUT2D eigenvalue weighted by atomic mass is 10.1. The van der Waals surface area contributed by atoms with Crippen LogP contribution in [0, 0.1) is 6.92 Å². The van der Waals surface area contributed by atoms with Crippen LogP contribution in [0.3, 0.4) is 0 Å². The smallest absolute Gasteiger partial charge is 0.164 e. The van der Waals surface area contributed by atoms with Crippen LogP contribution < -0.4 is 14.4 Å². The van der Waals surface area contributed by atoms with E-state index in [4.69, 9.17) is 14.5 Å². The van der Waals surface area contributed by atoms with E-state index < -0.39 is 9.84 Å². The van der Waals surface area contributed by atoms with Crippen LogP contribution in [0.1, 0.15) is 11.1 Å². The second-order valence-electron chi connectivity index (χ2n) is 7.31. The number of nitrogens with zero attached hydrogens (tertiary/aromatic N) is 2. The van der Waals surface area contributed by atoms with Gasteiger partial charge in [-0.1, -0.05) is 41.6 Å². The molecule has 0 spiro atoms. The summed E-state index contributed by atoms with van der Waals surface area (Å²) in [6.07, 6.45) is 0. The van der Waals surface area contributed by atoms with Crippen LogP contribution in [0.4, 0.5) is 5.69 Å². The highest BCUT2D eigenvalue weighted by Gasteiger charge is 2.47. The number of hydrogen-bond donors (Lipinski definition) is 0. The molecular weight excluding hydrogens is 408 g/mol. The number of anilines is 1. The first-order valence-electron chi connectivity index (χ1n) is 9.38. The van der Waals surface area contributed by atoms with E-state index in [1.165, 1.54) is 11.1 Å². The highest BCUT2D eigenvalue weighted by molar-refractivity contribution is 8.13. The van der Waals surface area contributed by atoms with Gasteiger partial charge >= 0.3 is 0 Å². The number of rotatable bonds is 5. The maximum absolute atomic E-state index is 12.3. The van der Waals surface area contributed by atoms with E-state index in [2.05, 4.69) is 25.1 Å². The average molecular weight is 433 g/mol. The van der Waals surface area contributed by atoms with Gasteiger partial charge in [0.1, 0.15) is 11.5 Å². The number of aryl methyl sites for hydroxylation is 1. The van der Waals surface area contributed by atoms with Crippen LogP contribution in [-0.2, 0) is 15.6 Å². The average Bonchev–Trinajstić information content (AvgIpc) is 3.16. The standard InChI is InChI=1S/C21H24N2O4S2/c1-14-5-4-6-15(9-14)11-28-21-22-17-12-29(24,25)13-19(17)23(21)18-10-16(26-2)7-8-20(18)27-3/h4-10,17,19H,11-13H2,1-3H3/t17-,19+/m0/s1. The lowest BCUT2D eigenvalue weighted by Crippen LogP contribution is -2.39. The molecule has 29 heavy (non-hydrogen) atoms. The molecule has 2 atom stereocenters. The number of hydrogen-bond acceptors (Lipinski definition) is 7. The van der Waals surface area contributed by atoms with Crippen LogP contribution in [-0.4, -0.2) is 51.4 Å². The number of ether oxygens (including phenoxy) is 2. The number of fused-ring (bicyclic) bond motifs is 1. The van der Waals surface area contributed by atoms with E-state index in [9.17, 15) is 8.42 Å². The highest BCUT2D eigenvalue weighted by Crippen LogP contribution is 2.41. The Bertz CT molecular complexity index is 1050. The monoisotopic (exact) mass is 432 g/mol. The second kappa shape index (κ2) is 7.91. The van der Waals surface area contributed by atoms with Crippen molar-refractivity contribution in [2.75, 3.05) is 30.6 Å². The molecule has 1 saturated heterocycles. The molecule has 154 valence electrons. The van der Waals surface area contributed by atoms with Gasteiger partial charge in [-0.25, -0.2) is 8.42 Å². The lowest BCUT2D eigenvalue weighted by Gasteiger charge is -2.28. The molecule has 4 rings (SSSR count). The van der Waals surface area contributed by atoms with E-state index in [1.54, 1.807) is 26.0 Å². The molecule has 2 aromatic carbocycles. The summed E-state index contributed by atoms with van der Waals surface area (Å²) in [6, 6.07) is 13.5. The highest BCUT2D eigenvalue weighted by atomic mass is 32.2. The topological polar surface area (TPSA) is 68.2 Å². The molecule has 6 nitrogen and oxygen atoms in total. The third-order valence-corrected chi connectivity index (χ3v) is 7.94. The number of aliphatic imine (C=N–C) groups is 1. The van der Waals surface area contributed by atoms with Crippen molar-refractivity contribution in [3.8, 4) is 11.5 Å². The minimum Gasteiger partial charge on any atom is -0.497 e. The Hall–Kier alpha value is -2.19. The van der Waals surface area contributed by atoms with Crippen LogP contribution in [0.25, 0.3) is 0 Å². The number of sulfone groups is 1. The van der Waals surface area contributed by atoms with Gasteiger partial charge in [0.2, 0.25) is 0 Å². The maximum atomic E-state index is 12.3. The van der Waals surface area contributed by atoms with Crippen LogP contribution in [0.15, 0.2) is 47.5 Å². The van der Waals surface area contributed by atoms with E-state index in [0.717, 1.165) is 16.6 Å². The van der Waals surface area contributed by atoms with Crippen LogP contribution in [0.2, 0.25) is 0 Å². The normalized spacial score (nSPS) is 22.3. The SMILES string of the molecule is COc1ccc(OC)c(N2C(SCc3cccc(C)c3)=N[C@H]3CS(=O)(=O)C[C@H]32)c1. The number of thioether (sulfide) groups is 1. The van der Waals surface area contributed by atoms with Crippen molar-refractivity contribution in [2.24, 2.45) is 4.99 Å². The summed E-state index contributed by atoms with van der Waals surface area (Å²) in [5.41, 5.74) is 3.21. The van der Waals surface area contributed by atoms with Crippen molar-refractivity contribution < 1.29 is 17.9 Å². The minimum atomic E-state index is -3.11. The van der Waals surface area contributed by atoms with Gasteiger partial charge in [-0.05, 0) is 24.6 Å². The summed E-state index contributed by atoms with van der Waals surface area (Å²) < 4.78 is 35.5. The summed E-state index contributed by atoms with van der Waals surface area (Å²) in [5, 5.41) is 0.822. The Morgan fingerprint density at radius 1 is 1.14 bits per heavy atom. The number of benzene rings is 2. The van der Waals surface area contributed by atoms with Gasteiger partial charge in [0.15, 0.2) is 15.0 Å². The zero-order chi connectivity index (χ0) is 20.6. The first kappa shape index (κ1) is 20.1. The van der Waals surface area contributed by atoms with Gasteiger partial charge < -0.3 is 14.4 Å². The second-order valence-corrected chi connectivity index (χ2v) is 10.4. The zero-order valence-corrected chi connectivity index (χ0v) is 18.3. The lowest BCUT2D eigenvalue weighted by molar-refractivity contribution is 0.403. The Morgan fingerprint density at radius 3 is 2.69 bits per heavy atom. The third kappa shape index (κ3) is 4.09. The number of amidine groups is 1. The number of methoxy groups -OCH3 is 2. The Morgan fingerprint density at radius 2 is 1.97 bits per heavy atom. The molecule has 8 heteroatoms. The summed E-state index contributed by atoms with van der Waals surface area (Å²) in [4.78, 5) is 6.83. The van der Waals surface area contributed by atoms with Crippen molar-refractivity contribution in [2.45, 2.75) is 24.8 Å². The van der Waals surface area contributed by atoms with E-state index in [0.29, 0.717) is 11.5 Å². The Balaban J connectivity index is 1.69. The van der Waals surface area contributed by atoms with E-state index in [-0.39, 0.29) is 23.6 Å². The van der Waals surface area contributed by atoms with Gasteiger partial charge in [0.05, 0.1) is 43.5 Å². The largest absolute Gasteiger partial charge is 0.497 e. The molecule has 0 saturated carbocycles. The molecule has 2 aromatic rings. The van der Waals surface area contributed by atoms with Gasteiger partial charge in [0.25, 0.3) is 0 Å². The maximum Gasteiger partial charge on any atom is 0.164 e. The van der Waals surface area contributed by atoms with Crippen molar-refractivity contribution >= 4 is 32.5 Å². The van der Waals surface area contributed by atoms with Crippen molar-refractivity contribution in [3.63, 3.8) is 0 Å². The van der Waals surface area contributed by atoms with Crippen LogP contribution in [0.5, 0.6) is 11.5 Å². The Kier molecular flexibility index (Phi) is 5.48. The van der Waals surface area contributed by atoms with Gasteiger partial charge in [-0.15, -0.1) is 0 Å². The summed E-state index contributed by atoms with van der Waals surface area (Å²) in [6.45, 7) is 2.07. The summed E-state index contributed by atoms with van der Waals surface area (Å²) >= 11 is 1.62. The molecule has 0 unspecified atom stereocenters. The predicted octanol–water partition coefficient (Wildman–Crippen LogP) is 3.29. The van der Waals surface area contributed by atoms with Gasteiger partial charge in [0, 0.05) is 11.8 Å². The van der Waals surface area contributed by atoms with Crippen molar-refractivity contribution in [3.05, 3.63) is 53.6 Å². The van der Waals surface area contributed by atoms with Gasteiger partial charge in [-0.2, -0.15) is 0 Å². The fourth-order valence-corrected chi connectivity index (χ4v) is 6.75. The summed E-state index contributed by atoms with van der Waals surface area (Å²) in [7, 11) is 0.115. The summed E-state index contributed by atoms with van der Waals surface area (Å²) in [5.74, 6) is 2.30. The van der Waals surface area contributed by atoms with Crippen molar-refractivity contribution in [1.29, 1.82) is 0 Å². The fraction of sp³-hybridized carbons (Fsp3) is 0.381. The molecule has 2 heterocycles. The molecule has 0 bridgehead atoms. The predicted molar refractivity (Wildman–Crippen MR) is 118 cm³/mol. The molecule has 0 radical (unpaired) electrons. The molecule has 0 aromatic heterocycles. The first-order chi connectivity index (χ1) is 13.9. The Labute approximate surface area is 175 Å². The van der Waals surface area contributed by atoms with Crippen LogP contribution >= 0.6 is 11.8 Å². The molecule has 0 aliphatic carbocycles. The quantitative estimate of drug-likeness (QED) is 0.722. The molecule has 2 aliphatic heterocycles. The van der Waals surface area contributed by atoms with E-state index >= 15 is 0 Å².